The van der Waals surface area contributed by atoms with E-state index in [4.69, 9.17) is 0 Å². The lowest BCUT2D eigenvalue weighted by Crippen LogP contribution is -2.62. The summed E-state index contributed by atoms with van der Waals surface area (Å²) in [6.07, 6.45) is 0. The second-order valence-corrected chi connectivity index (χ2v) is 3.70. The minimum atomic E-state index is -4.54. The third kappa shape index (κ3) is 2.06. The molecule has 0 rings (SSSR count). The molecule has 0 aliphatic heterocycles. The lowest BCUT2D eigenvalue weighted by molar-refractivity contribution is -0.314. The maximum absolute atomic E-state index is 12.8. The lowest BCUT2D eigenvalue weighted by Gasteiger charge is -2.44. The van der Waals surface area contributed by atoms with Crippen molar-refractivity contribution in [3.63, 3.8) is 0 Å². The smallest absolute Gasteiger partial charge is 0.250 e. The summed E-state index contributed by atoms with van der Waals surface area (Å²) in [5.74, 6) is -13.6. The fourth-order valence-corrected chi connectivity index (χ4v) is 1.51. The van der Waals surface area contributed by atoms with E-state index in [1.165, 1.54) is 0 Å². The van der Waals surface area contributed by atoms with Crippen LogP contribution in [0.15, 0.2) is 0 Å². The van der Waals surface area contributed by atoms with Crippen molar-refractivity contribution in [1.29, 1.82) is 0 Å². The van der Waals surface area contributed by atoms with Gasteiger partial charge in [-0.1, -0.05) is 0 Å². The van der Waals surface area contributed by atoms with Crippen LogP contribution < -0.4 is 0 Å². The molecule has 0 aliphatic rings. The number of halogens is 7. The fourth-order valence-electron chi connectivity index (χ4n) is 1.51. The van der Waals surface area contributed by atoms with E-state index in [0.29, 0.717) is 0 Å². The van der Waals surface area contributed by atoms with Crippen LogP contribution in [-0.2, 0) is 0 Å². The van der Waals surface area contributed by atoms with Crippen molar-refractivity contribution in [2.75, 3.05) is 6.67 Å². The Balaban J connectivity index is 5.78. The zero-order valence-corrected chi connectivity index (χ0v) is 8.35. The Labute approximate surface area is 82.5 Å². The zero-order valence-electron chi connectivity index (χ0n) is 8.35. The van der Waals surface area contributed by atoms with Crippen molar-refractivity contribution in [3.05, 3.63) is 0 Å². The van der Waals surface area contributed by atoms with Crippen molar-refractivity contribution >= 4 is 0 Å². The Morgan fingerprint density at radius 2 is 0.867 bits per heavy atom. The first-order chi connectivity index (χ1) is 6.31. The first-order valence-corrected chi connectivity index (χ1v) is 4.00. The molecule has 0 saturated carbocycles. The van der Waals surface area contributed by atoms with E-state index >= 15 is 0 Å². The van der Waals surface area contributed by atoms with Crippen LogP contribution >= 0.6 is 0 Å². The highest BCUT2D eigenvalue weighted by atomic mass is 19.3. The van der Waals surface area contributed by atoms with Gasteiger partial charge in [-0.15, -0.1) is 0 Å². The topological polar surface area (TPSA) is 0 Å². The molecule has 0 aromatic heterocycles. The monoisotopic (exact) mass is 240 g/mol. The van der Waals surface area contributed by atoms with Gasteiger partial charge in [0.25, 0.3) is 17.8 Å². The van der Waals surface area contributed by atoms with Gasteiger partial charge in [-0.2, -0.15) is 0 Å². The summed E-state index contributed by atoms with van der Waals surface area (Å²) in [5, 5.41) is 0. The molecule has 15 heavy (non-hydrogen) atoms. The number of alkyl halides is 7. The molecule has 0 spiro atoms. The quantitative estimate of drug-likeness (QED) is 0.653. The molecule has 0 fully saturated rings. The van der Waals surface area contributed by atoms with E-state index in [2.05, 4.69) is 0 Å². The molecule has 0 unspecified atom stereocenters. The van der Waals surface area contributed by atoms with E-state index in [1.54, 1.807) is 0 Å². The van der Waals surface area contributed by atoms with Crippen molar-refractivity contribution in [1.82, 2.24) is 0 Å². The molecule has 0 bridgehead atoms. The van der Waals surface area contributed by atoms with Crippen LogP contribution in [0.5, 0.6) is 0 Å². The predicted molar refractivity (Wildman–Crippen MR) is 40.3 cm³/mol. The van der Waals surface area contributed by atoms with Gasteiger partial charge in [-0.05, 0) is 0 Å². The van der Waals surface area contributed by atoms with Gasteiger partial charge in [-0.3, -0.25) is 0 Å². The Morgan fingerprint density at radius 3 is 0.867 bits per heavy atom. The van der Waals surface area contributed by atoms with Gasteiger partial charge in [0.15, 0.2) is 5.41 Å². The first-order valence-electron chi connectivity index (χ1n) is 4.00. The minimum absolute atomic E-state index is 0.137. The molecule has 0 aromatic carbocycles. The molecule has 92 valence electrons. The molecule has 7 heteroatoms. The molecule has 0 aliphatic carbocycles. The summed E-state index contributed by atoms with van der Waals surface area (Å²) in [4.78, 5) is 0. The van der Waals surface area contributed by atoms with Crippen molar-refractivity contribution in [2.45, 2.75) is 38.5 Å². The van der Waals surface area contributed by atoms with Crippen LogP contribution in [-0.4, -0.2) is 24.4 Å². The van der Waals surface area contributed by atoms with Crippen molar-refractivity contribution in [3.8, 4) is 0 Å². The second kappa shape index (κ2) is 3.52. The summed E-state index contributed by atoms with van der Waals surface area (Å²) >= 11 is 0. The van der Waals surface area contributed by atoms with E-state index in [-0.39, 0.29) is 20.8 Å². The Kier molecular flexibility index (Phi) is 3.40. The van der Waals surface area contributed by atoms with Crippen LogP contribution in [0.3, 0.4) is 0 Å². The molecule has 0 N–H and O–H groups in total. The highest BCUT2D eigenvalue weighted by molar-refractivity contribution is 5.05. The minimum Gasteiger partial charge on any atom is -0.250 e. The van der Waals surface area contributed by atoms with E-state index in [9.17, 15) is 30.7 Å². The molecule has 0 nitrogen and oxygen atoms in total. The third-order valence-electron chi connectivity index (χ3n) is 2.45. The number of hydrogen-bond acceptors (Lipinski definition) is 0. The molecule has 0 aromatic rings. The highest BCUT2D eigenvalue weighted by Crippen LogP contribution is 2.57. The fraction of sp³-hybridized carbons (Fsp3) is 1.00. The van der Waals surface area contributed by atoms with E-state index < -0.39 is 29.9 Å². The molecule has 0 radical (unpaired) electrons. The van der Waals surface area contributed by atoms with Gasteiger partial charge >= 0.3 is 0 Å². The highest BCUT2D eigenvalue weighted by Gasteiger charge is 2.74. The summed E-state index contributed by atoms with van der Waals surface area (Å²) in [6, 6.07) is 0. The molecule has 0 amide bonds. The Bertz CT molecular complexity index is 181. The molecule has 0 heterocycles. The molecular weight excluding hydrogens is 229 g/mol. The normalized spacial score (nSPS) is 15.6. The Morgan fingerprint density at radius 1 is 0.667 bits per heavy atom. The van der Waals surface area contributed by atoms with Gasteiger partial charge < -0.3 is 0 Å². The summed E-state index contributed by atoms with van der Waals surface area (Å²) in [6.45, 7) is -2.92. The van der Waals surface area contributed by atoms with Crippen LogP contribution in [0.2, 0.25) is 0 Å². The second-order valence-electron chi connectivity index (χ2n) is 3.70. The van der Waals surface area contributed by atoms with E-state index in [1.807, 2.05) is 0 Å². The largest absolute Gasteiger partial charge is 0.265 e. The first kappa shape index (κ1) is 14.5. The maximum atomic E-state index is 12.8. The summed E-state index contributed by atoms with van der Waals surface area (Å²) in [5.41, 5.74) is -4.31. The Hall–Kier alpha value is -0.490. The van der Waals surface area contributed by atoms with Gasteiger partial charge in [0.1, 0.15) is 6.67 Å². The molecule has 0 saturated heterocycles. The zero-order chi connectivity index (χ0) is 12.7. The van der Waals surface area contributed by atoms with Gasteiger partial charge in [-0.25, -0.2) is 30.7 Å². The van der Waals surface area contributed by atoms with E-state index in [0.717, 1.165) is 0 Å². The van der Waals surface area contributed by atoms with Crippen LogP contribution in [0.25, 0.3) is 0 Å². The van der Waals surface area contributed by atoms with Gasteiger partial charge in [0, 0.05) is 20.8 Å². The van der Waals surface area contributed by atoms with Crippen LogP contribution in [0, 0.1) is 5.41 Å². The third-order valence-corrected chi connectivity index (χ3v) is 2.45. The molecular formula is C8H11F7. The summed E-state index contributed by atoms with van der Waals surface area (Å²) < 4.78 is 89.4. The van der Waals surface area contributed by atoms with Gasteiger partial charge in [0.05, 0.1) is 0 Å². The van der Waals surface area contributed by atoms with Crippen LogP contribution in [0.1, 0.15) is 20.8 Å². The predicted octanol–water partition coefficient (Wildman–Crippen LogP) is 3.91. The van der Waals surface area contributed by atoms with Crippen molar-refractivity contribution in [2.24, 2.45) is 5.41 Å². The SMILES string of the molecule is CC(F)(F)C(CF)(C(C)(F)F)C(C)(F)F. The average Bonchev–Trinajstić information content (AvgIpc) is 1.76. The standard InChI is InChI=1S/C8H11F7/c1-5(10,11)8(4-9,6(2,12)13)7(3,14)15/h4H2,1-3H3. The molecule has 0 atom stereocenters. The maximum Gasteiger partial charge on any atom is 0.265 e. The lowest BCUT2D eigenvalue weighted by atomic mass is 9.72. The average molecular weight is 240 g/mol. The van der Waals surface area contributed by atoms with Gasteiger partial charge in [0.2, 0.25) is 0 Å². The number of hydrogen-bond donors (Lipinski definition) is 0. The number of rotatable bonds is 4. The summed E-state index contributed by atoms with van der Waals surface area (Å²) in [7, 11) is 0. The van der Waals surface area contributed by atoms with Crippen LogP contribution in [0.4, 0.5) is 30.7 Å². The van der Waals surface area contributed by atoms with Crippen molar-refractivity contribution < 1.29 is 30.7 Å².